The van der Waals surface area contributed by atoms with Crippen LogP contribution in [-0.4, -0.2) is 47.5 Å². The van der Waals surface area contributed by atoms with Crippen LogP contribution in [0.25, 0.3) is 33.1 Å². The van der Waals surface area contributed by atoms with Gasteiger partial charge in [-0.3, -0.25) is 9.69 Å². The van der Waals surface area contributed by atoms with Gasteiger partial charge in [-0.2, -0.15) is 0 Å². The van der Waals surface area contributed by atoms with E-state index in [4.69, 9.17) is 21.3 Å². The fourth-order valence-electron chi connectivity index (χ4n) is 5.20. The number of likely N-dealkylation sites (tertiary alicyclic amines) is 1. The summed E-state index contributed by atoms with van der Waals surface area (Å²) in [5, 5.41) is 5.35. The van der Waals surface area contributed by atoms with Crippen LogP contribution in [0.2, 0.25) is 5.02 Å². The van der Waals surface area contributed by atoms with Gasteiger partial charge < -0.3 is 15.0 Å². The van der Waals surface area contributed by atoms with E-state index >= 15 is 0 Å². The molecule has 1 aliphatic rings. The lowest BCUT2D eigenvalue weighted by atomic mass is 10.0. The summed E-state index contributed by atoms with van der Waals surface area (Å²) >= 11 is 6.31. The van der Waals surface area contributed by atoms with E-state index in [0.29, 0.717) is 33.2 Å². The summed E-state index contributed by atoms with van der Waals surface area (Å²) < 4.78 is 5.33. The van der Waals surface area contributed by atoms with Crippen molar-refractivity contribution in [2.75, 3.05) is 32.1 Å². The summed E-state index contributed by atoms with van der Waals surface area (Å²) in [6, 6.07) is 20.7. The van der Waals surface area contributed by atoms with Crippen LogP contribution in [0, 0.1) is 11.8 Å². The van der Waals surface area contributed by atoms with Crippen LogP contribution >= 0.6 is 11.6 Å². The highest BCUT2D eigenvalue weighted by Crippen LogP contribution is 2.33. The molecule has 200 valence electrons. The number of amides is 1. The Labute approximate surface area is 238 Å². The first-order valence-corrected chi connectivity index (χ1v) is 13.8. The number of halogens is 1. The fourth-order valence-corrected chi connectivity index (χ4v) is 5.38. The van der Waals surface area contributed by atoms with Gasteiger partial charge in [0, 0.05) is 50.4 Å². The topological polar surface area (TPSA) is 70.2 Å². The molecule has 6 rings (SSSR count). The fraction of sp³-hybridized carbons (Fsp3) is 0.212. The Morgan fingerprint density at radius 1 is 1.05 bits per heavy atom. The van der Waals surface area contributed by atoms with Crippen molar-refractivity contribution in [3.63, 3.8) is 0 Å². The first-order valence-electron chi connectivity index (χ1n) is 13.5. The lowest BCUT2D eigenvalue weighted by molar-refractivity contribution is 0.102. The summed E-state index contributed by atoms with van der Waals surface area (Å²) in [6.45, 7) is 2.96. The predicted molar refractivity (Wildman–Crippen MR) is 162 cm³/mol. The summed E-state index contributed by atoms with van der Waals surface area (Å²) in [5.41, 5.74) is 5.23. The van der Waals surface area contributed by atoms with Crippen molar-refractivity contribution in [3.8, 4) is 28.8 Å². The van der Waals surface area contributed by atoms with Crippen molar-refractivity contribution in [2.24, 2.45) is 0 Å². The zero-order chi connectivity index (χ0) is 27.5. The standard InChI is InChI=1S/C33H29ClN4O2/c1-40-25-9-5-8-24(19-25)36-33(39)28-20-32(29-21-35-30-13-11-23(34)18-27(29)30)37-31-12-10-22(17-26(28)31)7-6-16-38-14-3-2-4-15-38/h5,8-13,17-21,35H,2-4,14-16H2,1H3,(H,36,39). The molecule has 1 saturated heterocycles. The summed E-state index contributed by atoms with van der Waals surface area (Å²) in [5.74, 6) is 7.05. The number of nitrogens with one attached hydrogen (secondary N) is 2. The second-order valence-corrected chi connectivity index (χ2v) is 10.4. The summed E-state index contributed by atoms with van der Waals surface area (Å²) in [7, 11) is 1.60. The number of nitrogens with zero attached hydrogens (tertiary/aromatic N) is 2. The molecule has 0 saturated carbocycles. The smallest absolute Gasteiger partial charge is 0.256 e. The molecule has 2 N–H and O–H groups in total. The molecule has 7 heteroatoms. The van der Waals surface area contributed by atoms with Crippen LogP contribution in [0.3, 0.4) is 0 Å². The Kier molecular flexibility index (Phi) is 7.41. The molecule has 40 heavy (non-hydrogen) atoms. The molecule has 1 aliphatic heterocycles. The molecule has 0 bridgehead atoms. The molecule has 2 aromatic heterocycles. The van der Waals surface area contributed by atoms with Crippen molar-refractivity contribution < 1.29 is 9.53 Å². The maximum atomic E-state index is 13.7. The molecule has 3 heterocycles. The van der Waals surface area contributed by atoms with Gasteiger partial charge in [-0.05, 0) is 80.5 Å². The Morgan fingerprint density at radius 2 is 1.93 bits per heavy atom. The molecule has 0 aliphatic carbocycles. The van der Waals surface area contributed by atoms with E-state index in [2.05, 4.69) is 27.0 Å². The van der Waals surface area contributed by atoms with Gasteiger partial charge in [0.25, 0.3) is 5.91 Å². The zero-order valence-corrected chi connectivity index (χ0v) is 23.0. The highest BCUT2D eigenvalue weighted by Gasteiger charge is 2.17. The maximum absolute atomic E-state index is 13.7. The monoisotopic (exact) mass is 548 g/mol. The van der Waals surface area contributed by atoms with Gasteiger partial charge in [0.1, 0.15) is 5.75 Å². The molecule has 1 fully saturated rings. The van der Waals surface area contributed by atoms with Gasteiger partial charge in [0.05, 0.1) is 30.4 Å². The number of hydrogen-bond donors (Lipinski definition) is 2. The van der Waals surface area contributed by atoms with Crippen LogP contribution in [-0.2, 0) is 0 Å². The SMILES string of the molecule is COc1cccc(NC(=O)c2cc(-c3c[nH]c4ccc(Cl)cc34)nc3ccc(C#CCN4CCCCC4)cc23)c1. The average Bonchev–Trinajstić information content (AvgIpc) is 3.40. The summed E-state index contributed by atoms with van der Waals surface area (Å²) in [6.07, 6.45) is 5.68. The van der Waals surface area contributed by atoms with E-state index in [1.807, 2.05) is 66.9 Å². The van der Waals surface area contributed by atoms with Crippen molar-refractivity contribution >= 4 is 45.0 Å². The Bertz CT molecular complexity index is 1780. The molecule has 6 nitrogen and oxygen atoms in total. The van der Waals surface area contributed by atoms with Gasteiger partial charge >= 0.3 is 0 Å². The van der Waals surface area contributed by atoms with E-state index in [0.717, 1.165) is 47.1 Å². The quantitative estimate of drug-likeness (QED) is 0.229. The Hall–Kier alpha value is -4.31. The number of benzene rings is 3. The molecule has 5 aromatic rings. The lowest BCUT2D eigenvalue weighted by Gasteiger charge is -2.23. The molecule has 0 unspecified atom stereocenters. The number of methoxy groups -OCH3 is 1. The summed E-state index contributed by atoms with van der Waals surface area (Å²) in [4.78, 5) is 24.4. The van der Waals surface area contributed by atoms with E-state index in [9.17, 15) is 4.79 Å². The van der Waals surface area contributed by atoms with E-state index in [1.165, 1.54) is 19.3 Å². The van der Waals surface area contributed by atoms with Gasteiger partial charge in [-0.15, -0.1) is 0 Å². The maximum Gasteiger partial charge on any atom is 0.256 e. The van der Waals surface area contributed by atoms with Crippen LogP contribution in [0.5, 0.6) is 5.75 Å². The predicted octanol–water partition coefficient (Wildman–Crippen LogP) is 7.13. The van der Waals surface area contributed by atoms with Crippen molar-refractivity contribution in [3.05, 3.63) is 89.1 Å². The number of aromatic nitrogens is 2. The minimum Gasteiger partial charge on any atom is -0.497 e. The first-order chi connectivity index (χ1) is 19.6. The van der Waals surface area contributed by atoms with Gasteiger partial charge in [-0.25, -0.2) is 4.98 Å². The highest BCUT2D eigenvalue weighted by atomic mass is 35.5. The number of hydrogen-bond acceptors (Lipinski definition) is 4. The van der Waals surface area contributed by atoms with Crippen molar-refractivity contribution in [2.45, 2.75) is 19.3 Å². The van der Waals surface area contributed by atoms with Gasteiger partial charge in [0.2, 0.25) is 0 Å². The third-order valence-corrected chi connectivity index (χ3v) is 7.52. The highest BCUT2D eigenvalue weighted by molar-refractivity contribution is 6.31. The number of aromatic amines is 1. The van der Waals surface area contributed by atoms with Crippen molar-refractivity contribution in [1.29, 1.82) is 0 Å². The van der Waals surface area contributed by atoms with Crippen molar-refractivity contribution in [1.82, 2.24) is 14.9 Å². The van der Waals surface area contributed by atoms with E-state index in [1.54, 1.807) is 13.2 Å². The number of H-pyrrole nitrogens is 1. The normalized spacial score (nSPS) is 13.7. The molecule has 1 amide bonds. The average molecular weight is 549 g/mol. The Morgan fingerprint density at radius 3 is 2.77 bits per heavy atom. The van der Waals surface area contributed by atoms with Crippen LogP contribution in [0.1, 0.15) is 35.2 Å². The molecule has 0 spiro atoms. The van der Waals surface area contributed by atoms with Crippen LogP contribution in [0.15, 0.2) is 72.9 Å². The second-order valence-electron chi connectivity index (χ2n) is 10.0. The number of carbonyl (C=O) groups excluding carboxylic acids is 1. The molecule has 0 radical (unpaired) electrons. The number of fused-ring (bicyclic) bond motifs is 2. The van der Waals surface area contributed by atoms with E-state index in [-0.39, 0.29) is 5.91 Å². The zero-order valence-electron chi connectivity index (χ0n) is 22.3. The van der Waals surface area contributed by atoms with Crippen LogP contribution < -0.4 is 10.1 Å². The largest absolute Gasteiger partial charge is 0.497 e. The number of ether oxygens (including phenoxy) is 1. The third-order valence-electron chi connectivity index (χ3n) is 7.28. The molecular weight excluding hydrogens is 520 g/mol. The number of piperidine rings is 1. The number of pyridine rings is 1. The second kappa shape index (κ2) is 11.4. The molecular formula is C33H29ClN4O2. The minimum absolute atomic E-state index is 0.238. The molecule has 0 atom stereocenters. The minimum atomic E-state index is -0.238. The third kappa shape index (κ3) is 5.53. The first kappa shape index (κ1) is 25.9. The van der Waals surface area contributed by atoms with Crippen LogP contribution in [0.4, 0.5) is 5.69 Å². The Balaban J connectivity index is 1.41. The number of rotatable bonds is 5. The number of carbonyl (C=O) groups is 1. The lowest BCUT2D eigenvalue weighted by Crippen LogP contribution is -2.29. The van der Waals surface area contributed by atoms with E-state index < -0.39 is 0 Å². The molecule has 3 aromatic carbocycles. The van der Waals surface area contributed by atoms with Gasteiger partial charge in [-0.1, -0.05) is 35.9 Å². The number of anilines is 1. The van der Waals surface area contributed by atoms with Gasteiger partial charge in [0.15, 0.2) is 0 Å².